The average molecular weight is 319 g/mol. The molecule has 0 radical (unpaired) electrons. The fourth-order valence-corrected chi connectivity index (χ4v) is 4.55. The van der Waals surface area contributed by atoms with Crippen molar-refractivity contribution in [3.63, 3.8) is 0 Å². The van der Waals surface area contributed by atoms with Crippen molar-refractivity contribution in [2.75, 3.05) is 22.6 Å². The van der Waals surface area contributed by atoms with Crippen molar-refractivity contribution in [1.29, 1.82) is 0 Å². The molecule has 94 valence electrons. The zero-order valence-corrected chi connectivity index (χ0v) is 11.9. The summed E-state index contributed by atoms with van der Waals surface area (Å²) in [5, 5.41) is 3.24. The van der Waals surface area contributed by atoms with E-state index in [9.17, 15) is 8.42 Å². The van der Waals surface area contributed by atoms with Gasteiger partial charge in [-0.2, -0.15) is 0 Å². The third-order valence-electron chi connectivity index (χ3n) is 2.95. The van der Waals surface area contributed by atoms with Crippen molar-refractivity contribution in [2.45, 2.75) is 18.9 Å². The minimum atomic E-state index is -2.91. The first-order valence-electron chi connectivity index (χ1n) is 5.33. The van der Waals surface area contributed by atoms with Crippen molar-refractivity contribution >= 4 is 37.1 Å². The minimum absolute atomic E-state index is 0.162. The van der Waals surface area contributed by atoms with Crippen LogP contribution in [0, 0.1) is 0 Å². The Kier molecular flexibility index (Phi) is 3.12. The van der Waals surface area contributed by atoms with E-state index in [1.807, 2.05) is 19.1 Å². The maximum atomic E-state index is 11.5. The standard InChI is InChI=1S/C11H15BrN2O2S/c1-11(4-5-17(15,16)7-11)14-10-3-2-8(12)6-9(10)13/h2-3,6,14H,4-5,7,13H2,1H3. The Morgan fingerprint density at radius 3 is 2.71 bits per heavy atom. The summed E-state index contributed by atoms with van der Waals surface area (Å²) in [4.78, 5) is 0. The molecule has 6 heteroatoms. The van der Waals surface area contributed by atoms with Gasteiger partial charge in [-0.15, -0.1) is 0 Å². The van der Waals surface area contributed by atoms with Gasteiger partial charge < -0.3 is 11.1 Å². The number of benzene rings is 1. The molecule has 17 heavy (non-hydrogen) atoms. The fourth-order valence-electron chi connectivity index (χ4n) is 2.08. The molecule has 0 spiro atoms. The van der Waals surface area contributed by atoms with Crippen molar-refractivity contribution in [3.8, 4) is 0 Å². The molecular weight excluding hydrogens is 304 g/mol. The van der Waals surface area contributed by atoms with Gasteiger partial charge in [-0.1, -0.05) is 15.9 Å². The third kappa shape index (κ3) is 2.93. The van der Waals surface area contributed by atoms with Gasteiger partial charge in [0.1, 0.15) is 0 Å². The lowest BCUT2D eigenvalue weighted by atomic mass is 10.0. The normalized spacial score (nSPS) is 26.9. The van der Waals surface area contributed by atoms with Crippen molar-refractivity contribution < 1.29 is 8.42 Å². The number of nitrogens with one attached hydrogen (secondary N) is 1. The number of anilines is 2. The molecule has 0 aromatic heterocycles. The van der Waals surface area contributed by atoms with Crippen LogP contribution in [0.2, 0.25) is 0 Å². The van der Waals surface area contributed by atoms with E-state index in [2.05, 4.69) is 21.2 Å². The fraction of sp³-hybridized carbons (Fsp3) is 0.455. The Labute approximate surface area is 110 Å². The molecule has 1 aliphatic rings. The Morgan fingerprint density at radius 2 is 2.18 bits per heavy atom. The Balaban J connectivity index is 2.22. The van der Waals surface area contributed by atoms with Gasteiger partial charge in [-0.3, -0.25) is 0 Å². The first-order chi connectivity index (χ1) is 7.80. The van der Waals surface area contributed by atoms with Crippen LogP contribution < -0.4 is 11.1 Å². The molecule has 4 nitrogen and oxygen atoms in total. The molecule has 1 heterocycles. The molecular formula is C11H15BrN2O2S. The van der Waals surface area contributed by atoms with Gasteiger partial charge in [0.2, 0.25) is 0 Å². The molecule has 1 fully saturated rings. The van der Waals surface area contributed by atoms with Crippen molar-refractivity contribution in [1.82, 2.24) is 0 Å². The maximum Gasteiger partial charge on any atom is 0.152 e. The zero-order valence-electron chi connectivity index (χ0n) is 9.53. The van der Waals surface area contributed by atoms with Crippen LogP contribution in [0.4, 0.5) is 11.4 Å². The van der Waals surface area contributed by atoms with Crippen molar-refractivity contribution in [3.05, 3.63) is 22.7 Å². The van der Waals surface area contributed by atoms with Crippen LogP contribution in [0.3, 0.4) is 0 Å². The predicted octanol–water partition coefficient (Wildman–Crippen LogP) is 2.02. The number of sulfone groups is 1. The SMILES string of the molecule is CC1(Nc2ccc(Br)cc2N)CCS(=O)(=O)C1. The van der Waals surface area contributed by atoms with Gasteiger partial charge in [0, 0.05) is 10.0 Å². The molecule has 1 unspecified atom stereocenters. The smallest absolute Gasteiger partial charge is 0.152 e. The van der Waals surface area contributed by atoms with Crippen LogP contribution in [-0.2, 0) is 9.84 Å². The number of halogens is 1. The highest BCUT2D eigenvalue weighted by molar-refractivity contribution is 9.10. The summed E-state index contributed by atoms with van der Waals surface area (Å²) in [5.41, 5.74) is 6.87. The van der Waals surface area contributed by atoms with Gasteiger partial charge in [-0.25, -0.2) is 8.42 Å². The highest BCUT2D eigenvalue weighted by Gasteiger charge is 2.38. The van der Waals surface area contributed by atoms with E-state index in [1.165, 1.54) is 0 Å². The van der Waals surface area contributed by atoms with Crippen molar-refractivity contribution in [2.24, 2.45) is 0 Å². The minimum Gasteiger partial charge on any atom is -0.397 e. The molecule has 1 saturated heterocycles. The molecule has 0 bridgehead atoms. The molecule has 1 aromatic rings. The average Bonchev–Trinajstić information content (AvgIpc) is 2.46. The highest BCUT2D eigenvalue weighted by Crippen LogP contribution is 2.31. The number of hydrogen-bond acceptors (Lipinski definition) is 4. The summed E-state index contributed by atoms with van der Waals surface area (Å²) in [7, 11) is -2.91. The lowest BCUT2D eigenvalue weighted by Gasteiger charge is -2.26. The summed E-state index contributed by atoms with van der Waals surface area (Å²) < 4.78 is 23.9. The molecule has 1 aliphatic heterocycles. The third-order valence-corrected chi connectivity index (χ3v) is 5.35. The van der Waals surface area contributed by atoms with Gasteiger partial charge in [0.25, 0.3) is 0 Å². The van der Waals surface area contributed by atoms with Crippen LogP contribution in [0.25, 0.3) is 0 Å². The Morgan fingerprint density at radius 1 is 1.47 bits per heavy atom. The predicted molar refractivity (Wildman–Crippen MR) is 73.9 cm³/mol. The second-order valence-corrected chi connectivity index (χ2v) is 7.86. The first kappa shape index (κ1) is 12.7. The number of nitrogen functional groups attached to an aromatic ring is 1. The Bertz CT molecular complexity index is 544. The highest BCUT2D eigenvalue weighted by atomic mass is 79.9. The maximum absolute atomic E-state index is 11.5. The second-order valence-electron chi connectivity index (χ2n) is 4.76. The summed E-state index contributed by atoms with van der Waals surface area (Å²) in [6, 6.07) is 5.54. The largest absolute Gasteiger partial charge is 0.397 e. The van der Waals surface area contributed by atoms with E-state index in [0.29, 0.717) is 12.1 Å². The van der Waals surface area contributed by atoms with E-state index in [1.54, 1.807) is 6.07 Å². The van der Waals surface area contributed by atoms with E-state index >= 15 is 0 Å². The van der Waals surface area contributed by atoms with Gasteiger partial charge in [0.15, 0.2) is 9.84 Å². The molecule has 0 amide bonds. The van der Waals surface area contributed by atoms with Crippen LogP contribution in [0.1, 0.15) is 13.3 Å². The number of hydrogen-bond donors (Lipinski definition) is 2. The molecule has 1 aromatic carbocycles. The topological polar surface area (TPSA) is 72.2 Å². The molecule has 3 N–H and O–H groups in total. The van der Waals surface area contributed by atoms with Gasteiger partial charge >= 0.3 is 0 Å². The molecule has 0 saturated carbocycles. The molecule has 1 atom stereocenters. The van der Waals surface area contributed by atoms with Gasteiger partial charge in [-0.05, 0) is 31.5 Å². The quantitative estimate of drug-likeness (QED) is 0.818. The zero-order chi connectivity index (χ0) is 12.7. The summed E-state index contributed by atoms with van der Waals surface area (Å²) in [6.07, 6.45) is 0.616. The van der Waals surface area contributed by atoms with Crippen LogP contribution in [0.5, 0.6) is 0 Å². The Hall–Kier alpha value is -0.750. The van der Waals surface area contributed by atoms with E-state index in [-0.39, 0.29) is 11.5 Å². The summed E-state index contributed by atoms with van der Waals surface area (Å²) in [5.74, 6) is 0.405. The van der Waals surface area contributed by atoms with Crippen LogP contribution in [0.15, 0.2) is 22.7 Å². The summed E-state index contributed by atoms with van der Waals surface area (Å²) in [6.45, 7) is 1.92. The second kappa shape index (κ2) is 4.17. The number of rotatable bonds is 2. The van der Waals surface area contributed by atoms with Crippen LogP contribution in [-0.4, -0.2) is 25.5 Å². The monoisotopic (exact) mass is 318 g/mol. The number of nitrogens with two attached hydrogens (primary N) is 1. The van der Waals surface area contributed by atoms with E-state index in [4.69, 9.17) is 5.73 Å². The van der Waals surface area contributed by atoms with Crippen LogP contribution >= 0.6 is 15.9 Å². The van der Waals surface area contributed by atoms with E-state index < -0.39 is 15.4 Å². The van der Waals surface area contributed by atoms with E-state index in [0.717, 1.165) is 10.2 Å². The summed E-state index contributed by atoms with van der Waals surface area (Å²) >= 11 is 3.34. The lowest BCUT2D eigenvalue weighted by Crippen LogP contribution is -2.36. The lowest BCUT2D eigenvalue weighted by molar-refractivity contribution is 0.574. The molecule has 2 rings (SSSR count). The first-order valence-corrected chi connectivity index (χ1v) is 7.95. The van der Waals surface area contributed by atoms with Gasteiger partial charge in [0.05, 0.1) is 22.9 Å². The molecule has 0 aliphatic carbocycles.